The molecule has 1 aromatic carbocycles. The molecule has 2 atom stereocenters. The van der Waals surface area contributed by atoms with Crippen molar-refractivity contribution in [2.75, 3.05) is 39.9 Å². The molecular weight excluding hydrogens is 378 g/mol. The third kappa shape index (κ3) is 3.70. The molecule has 1 spiro atoms. The summed E-state index contributed by atoms with van der Waals surface area (Å²) in [7, 11) is 1.66. The van der Waals surface area contributed by atoms with Crippen molar-refractivity contribution in [3.05, 3.63) is 59.9 Å². The van der Waals surface area contributed by atoms with E-state index in [0.29, 0.717) is 26.2 Å². The van der Waals surface area contributed by atoms with Gasteiger partial charge in [-0.05, 0) is 48.1 Å². The van der Waals surface area contributed by atoms with Gasteiger partial charge in [-0.3, -0.25) is 14.7 Å². The monoisotopic (exact) mass is 407 g/mol. The minimum atomic E-state index is -0.817. The standard InChI is InChI=1S/C24H29N3O3/c1-29-21-8-6-19(7-9-21)15-27-11-12-30-24(23(27)28)17-26(14-18-4-5-18)16-22(24)20-3-2-10-25-13-20/h2-3,6-10,13,18,22H,4-5,11-12,14-17H2,1H3/t22-,24+/m0/s1. The van der Waals surface area contributed by atoms with Gasteiger partial charge in [0.2, 0.25) is 0 Å². The van der Waals surface area contributed by atoms with Crippen molar-refractivity contribution in [1.82, 2.24) is 14.8 Å². The first kappa shape index (κ1) is 19.5. The molecule has 2 saturated heterocycles. The number of pyridine rings is 1. The molecular formula is C24H29N3O3. The predicted molar refractivity (Wildman–Crippen MR) is 113 cm³/mol. The minimum Gasteiger partial charge on any atom is -0.497 e. The zero-order valence-corrected chi connectivity index (χ0v) is 17.5. The lowest BCUT2D eigenvalue weighted by atomic mass is 9.83. The smallest absolute Gasteiger partial charge is 0.257 e. The van der Waals surface area contributed by atoms with Gasteiger partial charge in [-0.25, -0.2) is 0 Å². The number of amides is 1. The molecule has 6 heteroatoms. The highest BCUT2D eigenvalue weighted by Gasteiger charge is 2.57. The zero-order chi connectivity index (χ0) is 20.6. The fourth-order valence-corrected chi connectivity index (χ4v) is 4.91. The van der Waals surface area contributed by atoms with Gasteiger partial charge < -0.3 is 14.4 Å². The Bertz CT molecular complexity index is 884. The SMILES string of the molecule is COc1ccc(CN2CCO[C@@]3(CN(CC4CC4)C[C@H]3c3cccnc3)C2=O)cc1. The van der Waals surface area contributed by atoms with Crippen LogP contribution in [0.4, 0.5) is 0 Å². The van der Waals surface area contributed by atoms with Crippen molar-refractivity contribution in [2.45, 2.75) is 30.9 Å². The van der Waals surface area contributed by atoms with Gasteiger partial charge in [0.15, 0.2) is 5.60 Å². The van der Waals surface area contributed by atoms with Gasteiger partial charge in [0.25, 0.3) is 5.91 Å². The summed E-state index contributed by atoms with van der Waals surface area (Å²) in [5, 5.41) is 0. The van der Waals surface area contributed by atoms with Crippen LogP contribution in [0.3, 0.4) is 0 Å². The lowest BCUT2D eigenvalue weighted by Crippen LogP contribution is -2.60. The zero-order valence-electron chi connectivity index (χ0n) is 17.5. The second-order valence-electron chi connectivity index (χ2n) is 8.79. The van der Waals surface area contributed by atoms with E-state index in [-0.39, 0.29) is 11.8 Å². The molecule has 1 saturated carbocycles. The highest BCUT2D eigenvalue weighted by molar-refractivity contribution is 5.88. The molecule has 5 rings (SSSR count). The third-order valence-electron chi connectivity index (χ3n) is 6.66. The summed E-state index contributed by atoms with van der Waals surface area (Å²) in [6.07, 6.45) is 6.29. The average Bonchev–Trinajstić information content (AvgIpc) is 3.52. The Kier molecular flexibility index (Phi) is 5.21. The Balaban J connectivity index is 1.40. The molecule has 0 bridgehead atoms. The van der Waals surface area contributed by atoms with Crippen molar-refractivity contribution in [2.24, 2.45) is 5.92 Å². The molecule has 1 aromatic heterocycles. The molecule has 158 valence electrons. The molecule has 0 unspecified atom stereocenters. The number of methoxy groups -OCH3 is 1. The summed E-state index contributed by atoms with van der Waals surface area (Å²) in [5.74, 6) is 1.73. The number of benzene rings is 1. The van der Waals surface area contributed by atoms with Crippen LogP contribution in [0.2, 0.25) is 0 Å². The van der Waals surface area contributed by atoms with Crippen molar-refractivity contribution in [1.29, 1.82) is 0 Å². The Morgan fingerprint density at radius 1 is 1.23 bits per heavy atom. The average molecular weight is 408 g/mol. The number of ether oxygens (including phenoxy) is 2. The first-order valence-electron chi connectivity index (χ1n) is 10.9. The van der Waals surface area contributed by atoms with E-state index in [4.69, 9.17) is 9.47 Å². The van der Waals surface area contributed by atoms with Gasteiger partial charge in [0.05, 0.1) is 13.7 Å². The highest BCUT2D eigenvalue weighted by Crippen LogP contribution is 2.43. The van der Waals surface area contributed by atoms with E-state index in [1.165, 1.54) is 12.8 Å². The van der Waals surface area contributed by atoms with Crippen LogP contribution in [0.25, 0.3) is 0 Å². The van der Waals surface area contributed by atoms with Crippen molar-refractivity contribution in [3.8, 4) is 5.75 Å². The molecule has 2 aromatic rings. The fourth-order valence-electron chi connectivity index (χ4n) is 4.91. The van der Waals surface area contributed by atoms with Crippen molar-refractivity contribution < 1.29 is 14.3 Å². The largest absolute Gasteiger partial charge is 0.497 e. The second kappa shape index (κ2) is 8.00. The van der Waals surface area contributed by atoms with Crippen LogP contribution < -0.4 is 4.74 Å². The molecule has 1 amide bonds. The lowest BCUT2D eigenvalue weighted by molar-refractivity contribution is -0.173. The molecule has 2 aliphatic heterocycles. The van der Waals surface area contributed by atoms with Crippen LogP contribution in [0, 0.1) is 5.92 Å². The first-order valence-corrected chi connectivity index (χ1v) is 10.9. The number of likely N-dealkylation sites (tertiary alicyclic amines) is 1. The Labute approximate surface area is 177 Å². The number of aromatic nitrogens is 1. The van der Waals surface area contributed by atoms with Gasteiger partial charge in [0.1, 0.15) is 5.75 Å². The van der Waals surface area contributed by atoms with E-state index in [0.717, 1.165) is 35.9 Å². The van der Waals surface area contributed by atoms with E-state index in [1.54, 1.807) is 13.3 Å². The van der Waals surface area contributed by atoms with E-state index in [9.17, 15) is 4.79 Å². The summed E-state index contributed by atoms with van der Waals surface area (Å²) >= 11 is 0. The quantitative estimate of drug-likeness (QED) is 0.737. The van der Waals surface area contributed by atoms with Crippen LogP contribution in [-0.2, 0) is 16.1 Å². The number of hydrogen-bond acceptors (Lipinski definition) is 5. The van der Waals surface area contributed by atoms with E-state index >= 15 is 0 Å². The molecule has 6 nitrogen and oxygen atoms in total. The normalized spacial score (nSPS) is 27.0. The molecule has 30 heavy (non-hydrogen) atoms. The number of carbonyl (C=O) groups is 1. The highest BCUT2D eigenvalue weighted by atomic mass is 16.5. The van der Waals surface area contributed by atoms with E-state index in [2.05, 4.69) is 16.0 Å². The number of carbonyl (C=O) groups excluding carboxylic acids is 1. The topological polar surface area (TPSA) is 54.9 Å². The van der Waals surface area contributed by atoms with Crippen molar-refractivity contribution in [3.63, 3.8) is 0 Å². The number of rotatable bonds is 6. The van der Waals surface area contributed by atoms with Gasteiger partial charge in [0, 0.05) is 51.0 Å². The Morgan fingerprint density at radius 2 is 2.07 bits per heavy atom. The van der Waals surface area contributed by atoms with E-state index in [1.807, 2.05) is 41.4 Å². The van der Waals surface area contributed by atoms with E-state index < -0.39 is 5.60 Å². The molecule has 0 radical (unpaired) electrons. The van der Waals surface area contributed by atoms with Crippen LogP contribution in [-0.4, -0.2) is 66.2 Å². The minimum absolute atomic E-state index is 0.0103. The van der Waals surface area contributed by atoms with Gasteiger partial charge >= 0.3 is 0 Å². The van der Waals surface area contributed by atoms with Crippen LogP contribution in [0.5, 0.6) is 5.75 Å². The molecule has 3 fully saturated rings. The second-order valence-corrected chi connectivity index (χ2v) is 8.79. The molecule has 3 aliphatic rings. The number of hydrogen-bond donors (Lipinski definition) is 0. The van der Waals surface area contributed by atoms with Gasteiger partial charge in [-0.2, -0.15) is 0 Å². The van der Waals surface area contributed by atoms with Gasteiger partial charge in [-0.15, -0.1) is 0 Å². The maximum atomic E-state index is 13.8. The predicted octanol–water partition coefficient (Wildman–Crippen LogP) is 2.70. The molecule has 1 aliphatic carbocycles. The van der Waals surface area contributed by atoms with Gasteiger partial charge in [-0.1, -0.05) is 18.2 Å². The summed E-state index contributed by atoms with van der Waals surface area (Å²) in [6.45, 7) is 4.36. The molecule has 3 heterocycles. The summed E-state index contributed by atoms with van der Waals surface area (Å²) in [5.41, 5.74) is 1.38. The number of morpholine rings is 1. The van der Waals surface area contributed by atoms with Crippen LogP contribution in [0.15, 0.2) is 48.8 Å². The Hall–Kier alpha value is -2.44. The fraction of sp³-hybridized carbons (Fsp3) is 0.500. The van der Waals surface area contributed by atoms with Crippen LogP contribution in [0.1, 0.15) is 29.9 Å². The maximum absolute atomic E-state index is 13.8. The third-order valence-corrected chi connectivity index (χ3v) is 6.66. The summed E-state index contributed by atoms with van der Waals surface area (Å²) < 4.78 is 11.6. The van der Waals surface area contributed by atoms with Crippen molar-refractivity contribution >= 4 is 5.91 Å². The van der Waals surface area contributed by atoms with Crippen LogP contribution >= 0.6 is 0 Å². The Morgan fingerprint density at radius 3 is 2.77 bits per heavy atom. The summed E-state index contributed by atoms with van der Waals surface area (Å²) in [4.78, 5) is 22.6. The number of nitrogens with zero attached hydrogens (tertiary/aromatic N) is 3. The molecule has 0 N–H and O–H groups in total. The maximum Gasteiger partial charge on any atom is 0.257 e. The first-order chi connectivity index (χ1) is 14.7. The summed E-state index contributed by atoms with van der Waals surface area (Å²) in [6, 6.07) is 12.0. The lowest BCUT2D eigenvalue weighted by Gasteiger charge is -2.42.